The average Bonchev–Trinajstić information content (AvgIpc) is 2.75. The lowest BCUT2D eigenvalue weighted by Crippen LogP contribution is -2.25. The first-order valence-electron chi connectivity index (χ1n) is 6.01. The third kappa shape index (κ3) is 2.18. The van der Waals surface area contributed by atoms with E-state index in [2.05, 4.69) is 15.0 Å². The summed E-state index contributed by atoms with van der Waals surface area (Å²) in [4.78, 5) is 26.1. The number of thioether (sulfide) groups is 1. The Labute approximate surface area is 120 Å². The predicted molar refractivity (Wildman–Crippen MR) is 81.2 cm³/mol. The molecule has 0 N–H and O–H groups in total. The maximum absolute atomic E-state index is 12.0. The second-order valence-electron chi connectivity index (χ2n) is 4.33. The van der Waals surface area contributed by atoms with Crippen LogP contribution in [0.5, 0.6) is 0 Å². The molecule has 0 atom stereocenters. The number of fused-ring (bicyclic) bond motifs is 1. The van der Waals surface area contributed by atoms with Crippen LogP contribution in [0.3, 0.4) is 0 Å². The number of likely N-dealkylation sites (N-methyl/N-ethyl adjacent to an activating group) is 1. The minimum absolute atomic E-state index is 0.0845. The zero-order valence-corrected chi connectivity index (χ0v) is 11.9. The molecule has 1 aromatic heterocycles. The molecule has 0 saturated carbocycles. The van der Waals surface area contributed by atoms with Crippen molar-refractivity contribution < 1.29 is 4.79 Å². The predicted octanol–water partition coefficient (Wildman–Crippen LogP) is 2.16. The Morgan fingerprint density at radius 3 is 2.95 bits per heavy atom. The highest BCUT2D eigenvalue weighted by molar-refractivity contribution is 8.13. The summed E-state index contributed by atoms with van der Waals surface area (Å²) in [5.41, 5.74) is 2.24. The van der Waals surface area contributed by atoms with Gasteiger partial charge in [-0.1, -0.05) is 17.8 Å². The fourth-order valence-corrected chi connectivity index (χ4v) is 2.56. The number of hydrogen-bond acceptors (Lipinski definition) is 5. The Hall–Kier alpha value is -2.21. The molecule has 2 heterocycles. The third-order valence-electron chi connectivity index (χ3n) is 3.04. The van der Waals surface area contributed by atoms with Crippen molar-refractivity contribution in [3.8, 4) is 0 Å². The van der Waals surface area contributed by atoms with E-state index in [-0.39, 0.29) is 5.91 Å². The van der Waals surface area contributed by atoms with Gasteiger partial charge in [-0.05, 0) is 30.0 Å². The number of carbonyl (C=O) groups is 1. The average molecular weight is 284 g/mol. The first-order valence-corrected chi connectivity index (χ1v) is 7.24. The van der Waals surface area contributed by atoms with Gasteiger partial charge in [0.15, 0.2) is 5.17 Å². The zero-order valence-electron chi connectivity index (χ0n) is 11.1. The molecule has 0 fully saturated rings. The van der Waals surface area contributed by atoms with Gasteiger partial charge >= 0.3 is 0 Å². The first-order chi connectivity index (χ1) is 9.69. The van der Waals surface area contributed by atoms with E-state index < -0.39 is 0 Å². The van der Waals surface area contributed by atoms with Gasteiger partial charge in [0.1, 0.15) is 12.0 Å². The van der Waals surface area contributed by atoms with Gasteiger partial charge in [-0.2, -0.15) is 0 Å². The Bertz CT molecular complexity index is 754. The molecule has 5 nitrogen and oxygen atoms in total. The SMILES string of the molecule is CSC1=N/C(=C\c2ccc3ncncc3c2)C(=O)N1C. The summed E-state index contributed by atoms with van der Waals surface area (Å²) in [6.07, 6.45) is 6.96. The van der Waals surface area contributed by atoms with Gasteiger partial charge in [-0.3, -0.25) is 9.69 Å². The third-order valence-corrected chi connectivity index (χ3v) is 3.77. The van der Waals surface area contributed by atoms with Gasteiger partial charge < -0.3 is 0 Å². The summed E-state index contributed by atoms with van der Waals surface area (Å²) in [5.74, 6) is -0.0845. The number of aromatic nitrogens is 2. The number of amides is 1. The van der Waals surface area contributed by atoms with Gasteiger partial charge in [0.2, 0.25) is 0 Å². The molecule has 2 aromatic rings. The monoisotopic (exact) mass is 284 g/mol. The summed E-state index contributed by atoms with van der Waals surface area (Å²) in [7, 11) is 1.73. The molecule has 0 radical (unpaired) electrons. The Kier molecular flexibility index (Phi) is 3.23. The van der Waals surface area contributed by atoms with Crippen molar-refractivity contribution >= 4 is 39.8 Å². The lowest BCUT2D eigenvalue weighted by molar-refractivity contribution is -0.121. The molecule has 1 aliphatic heterocycles. The molecule has 1 amide bonds. The number of amidine groups is 1. The van der Waals surface area contributed by atoms with Crippen molar-refractivity contribution in [1.82, 2.24) is 14.9 Å². The maximum Gasteiger partial charge on any atom is 0.278 e. The molecule has 3 rings (SSSR count). The van der Waals surface area contributed by atoms with E-state index >= 15 is 0 Å². The zero-order chi connectivity index (χ0) is 14.1. The highest BCUT2D eigenvalue weighted by atomic mass is 32.2. The summed E-state index contributed by atoms with van der Waals surface area (Å²) < 4.78 is 0. The molecule has 0 saturated heterocycles. The molecule has 0 spiro atoms. The van der Waals surface area contributed by atoms with Crippen LogP contribution in [0.25, 0.3) is 17.0 Å². The summed E-state index contributed by atoms with van der Waals surface area (Å²) in [6.45, 7) is 0. The van der Waals surface area contributed by atoms with Crippen molar-refractivity contribution in [3.63, 3.8) is 0 Å². The van der Waals surface area contributed by atoms with E-state index in [1.165, 1.54) is 18.1 Å². The smallest absolute Gasteiger partial charge is 0.278 e. The maximum atomic E-state index is 12.0. The van der Waals surface area contributed by atoms with Crippen molar-refractivity contribution in [3.05, 3.63) is 42.0 Å². The molecule has 1 aromatic carbocycles. The second kappa shape index (κ2) is 5.05. The Morgan fingerprint density at radius 1 is 1.35 bits per heavy atom. The fourth-order valence-electron chi connectivity index (χ4n) is 2.01. The van der Waals surface area contributed by atoms with Crippen LogP contribution in [-0.4, -0.2) is 39.2 Å². The summed E-state index contributed by atoms with van der Waals surface area (Å²) in [5, 5.41) is 1.65. The molecular weight excluding hydrogens is 272 g/mol. The largest absolute Gasteiger partial charge is 0.289 e. The molecule has 0 unspecified atom stereocenters. The van der Waals surface area contributed by atoms with E-state index in [0.29, 0.717) is 10.9 Å². The van der Waals surface area contributed by atoms with Gasteiger partial charge in [-0.15, -0.1) is 0 Å². The Morgan fingerprint density at radius 2 is 2.20 bits per heavy atom. The van der Waals surface area contributed by atoms with E-state index in [9.17, 15) is 4.79 Å². The van der Waals surface area contributed by atoms with Crippen LogP contribution in [0.1, 0.15) is 5.56 Å². The normalized spacial score (nSPS) is 17.1. The van der Waals surface area contributed by atoms with E-state index in [0.717, 1.165) is 16.5 Å². The van der Waals surface area contributed by atoms with Crippen LogP contribution in [0.4, 0.5) is 0 Å². The van der Waals surface area contributed by atoms with Crippen LogP contribution >= 0.6 is 11.8 Å². The van der Waals surface area contributed by atoms with Crippen LogP contribution in [0, 0.1) is 0 Å². The molecule has 0 aliphatic carbocycles. The van der Waals surface area contributed by atoms with Crippen molar-refractivity contribution in [2.24, 2.45) is 4.99 Å². The van der Waals surface area contributed by atoms with Gasteiger partial charge in [0.25, 0.3) is 5.91 Å². The molecule has 1 aliphatic rings. The fraction of sp³-hybridized carbons (Fsp3) is 0.143. The van der Waals surface area contributed by atoms with Crippen LogP contribution in [0.15, 0.2) is 41.4 Å². The van der Waals surface area contributed by atoms with Gasteiger partial charge in [0, 0.05) is 18.6 Å². The number of hydrogen-bond donors (Lipinski definition) is 0. The molecule has 100 valence electrons. The number of rotatable bonds is 1. The lowest BCUT2D eigenvalue weighted by atomic mass is 10.1. The van der Waals surface area contributed by atoms with Gasteiger partial charge in [-0.25, -0.2) is 15.0 Å². The molecular formula is C14H12N4OS. The molecule has 6 heteroatoms. The second-order valence-corrected chi connectivity index (χ2v) is 5.11. The molecule has 0 bridgehead atoms. The quantitative estimate of drug-likeness (QED) is 0.753. The van der Waals surface area contributed by atoms with Crippen LogP contribution < -0.4 is 0 Å². The van der Waals surface area contributed by atoms with E-state index in [1.54, 1.807) is 24.2 Å². The number of benzene rings is 1. The lowest BCUT2D eigenvalue weighted by Gasteiger charge is -2.07. The van der Waals surface area contributed by atoms with Crippen molar-refractivity contribution in [2.45, 2.75) is 0 Å². The highest BCUT2D eigenvalue weighted by Gasteiger charge is 2.25. The number of carbonyl (C=O) groups excluding carboxylic acids is 1. The van der Waals surface area contributed by atoms with Gasteiger partial charge in [0.05, 0.1) is 5.52 Å². The number of nitrogens with zero attached hydrogens (tertiary/aromatic N) is 4. The van der Waals surface area contributed by atoms with E-state index in [1.807, 2.05) is 24.5 Å². The minimum atomic E-state index is -0.0845. The van der Waals surface area contributed by atoms with Crippen molar-refractivity contribution in [2.75, 3.05) is 13.3 Å². The standard InChI is InChI=1S/C14H12N4OS/c1-18-13(19)12(17-14(18)20-2)6-9-3-4-11-10(5-9)7-15-8-16-11/h3-8H,1-2H3/b12-6-. The van der Waals surface area contributed by atoms with Crippen molar-refractivity contribution in [1.29, 1.82) is 0 Å². The first kappa shape index (κ1) is 12.8. The molecule has 20 heavy (non-hydrogen) atoms. The van der Waals surface area contributed by atoms with E-state index in [4.69, 9.17) is 0 Å². The van der Waals surface area contributed by atoms with Crippen LogP contribution in [-0.2, 0) is 4.79 Å². The summed E-state index contributed by atoms with van der Waals surface area (Å²) in [6, 6.07) is 5.77. The highest BCUT2D eigenvalue weighted by Crippen LogP contribution is 2.22. The minimum Gasteiger partial charge on any atom is -0.289 e. The topological polar surface area (TPSA) is 58.5 Å². The van der Waals surface area contributed by atoms with Crippen LogP contribution in [0.2, 0.25) is 0 Å². The summed E-state index contributed by atoms with van der Waals surface area (Å²) >= 11 is 1.46. The number of aliphatic imine (C=N–C) groups is 1. The Balaban J connectivity index is 2.02.